The molecule has 3 aromatic heterocycles. The molecule has 1 fully saturated rings. The summed E-state index contributed by atoms with van der Waals surface area (Å²) < 4.78 is 5.60. The Kier molecular flexibility index (Phi) is 5.18. The summed E-state index contributed by atoms with van der Waals surface area (Å²) in [5.41, 5.74) is -0.287. The predicted molar refractivity (Wildman–Crippen MR) is 127 cm³/mol. The van der Waals surface area contributed by atoms with Crippen LogP contribution in [0.2, 0.25) is 0 Å². The fourth-order valence-corrected chi connectivity index (χ4v) is 5.02. The molecule has 35 heavy (non-hydrogen) atoms. The maximum absolute atomic E-state index is 13.5. The molecule has 1 aliphatic rings. The van der Waals surface area contributed by atoms with E-state index in [0.29, 0.717) is 11.1 Å². The molecule has 0 spiro atoms. The molecular weight excluding hydrogens is 454 g/mol. The van der Waals surface area contributed by atoms with E-state index >= 15 is 0 Å². The van der Waals surface area contributed by atoms with E-state index in [1.165, 1.54) is 34.5 Å². The third kappa shape index (κ3) is 3.56. The minimum atomic E-state index is -1.48. The summed E-state index contributed by atoms with van der Waals surface area (Å²) in [5.74, 6) is -0.330. The Hall–Kier alpha value is -3.77. The largest absolute Gasteiger partial charge is 0.391 e. The van der Waals surface area contributed by atoms with Gasteiger partial charge in [0.1, 0.15) is 0 Å². The van der Waals surface area contributed by atoms with E-state index in [1.807, 2.05) is 17.7 Å². The molecule has 0 radical (unpaired) electrons. The van der Waals surface area contributed by atoms with Crippen LogP contribution in [0.1, 0.15) is 29.7 Å². The van der Waals surface area contributed by atoms with E-state index in [9.17, 15) is 24.6 Å². The SMILES string of the molecule is Cn1c(=O)c2c(ncn2[C@@H]2CN(C(=O)c3ccc4c(c3)ncn4C)C[C@@H](O)C[C@@]2(C)O)n(C)c1=O. The van der Waals surface area contributed by atoms with Crippen molar-refractivity contribution >= 4 is 28.1 Å². The Morgan fingerprint density at radius 1 is 1.09 bits per heavy atom. The van der Waals surface area contributed by atoms with Gasteiger partial charge in [-0.05, 0) is 25.1 Å². The van der Waals surface area contributed by atoms with E-state index in [-0.39, 0.29) is 36.6 Å². The number of carbonyl (C=O) groups excluding carboxylic acids is 1. The normalized spacial score (nSPS) is 23.2. The zero-order chi connectivity index (χ0) is 25.2. The number of nitrogens with zero attached hydrogens (tertiary/aromatic N) is 7. The molecule has 1 amide bonds. The summed E-state index contributed by atoms with van der Waals surface area (Å²) in [4.78, 5) is 48.9. The molecule has 12 nitrogen and oxygen atoms in total. The Bertz CT molecular complexity index is 1590. The number of amides is 1. The molecular formula is C23H27N7O5. The van der Waals surface area contributed by atoms with Gasteiger partial charge in [0.05, 0.1) is 41.4 Å². The smallest absolute Gasteiger partial charge is 0.332 e. The van der Waals surface area contributed by atoms with Gasteiger partial charge in [0, 0.05) is 46.2 Å². The number of aryl methyl sites for hydroxylation is 2. The van der Waals surface area contributed by atoms with Crippen molar-refractivity contribution in [1.29, 1.82) is 0 Å². The highest BCUT2D eigenvalue weighted by Gasteiger charge is 2.42. The molecule has 2 N–H and O–H groups in total. The third-order valence-electron chi connectivity index (χ3n) is 6.96. The van der Waals surface area contributed by atoms with E-state index in [2.05, 4.69) is 9.97 Å². The highest BCUT2D eigenvalue weighted by molar-refractivity contribution is 5.97. The van der Waals surface area contributed by atoms with Gasteiger partial charge in [0.15, 0.2) is 11.2 Å². The number of likely N-dealkylation sites (tertiary alicyclic amines) is 1. The summed E-state index contributed by atoms with van der Waals surface area (Å²) in [6.45, 7) is 1.59. The van der Waals surface area contributed by atoms with Crippen LogP contribution in [0.25, 0.3) is 22.2 Å². The number of hydrogen-bond donors (Lipinski definition) is 2. The zero-order valence-electron chi connectivity index (χ0n) is 19.9. The van der Waals surface area contributed by atoms with Crippen molar-refractivity contribution in [3.05, 3.63) is 57.3 Å². The molecule has 1 aromatic carbocycles. The lowest BCUT2D eigenvalue weighted by molar-refractivity contribution is -0.0216. The highest BCUT2D eigenvalue weighted by Crippen LogP contribution is 2.33. The van der Waals surface area contributed by atoms with Crippen molar-refractivity contribution in [1.82, 2.24) is 33.1 Å². The maximum Gasteiger partial charge on any atom is 0.332 e. The number of benzene rings is 1. The summed E-state index contributed by atoms with van der Waals surface area (Å²) in [5, 5.41) is 22.0. The monoisotopic (exact) mass is 481 g/mol. The lowest BCUT2D eigenvalue weighted by Crippen LogP contribution is -2.44. The number of aliphatic hydroxyl groups is 2. The molecule has 184 valence electrons. The summed E-state index contributed by atoms with van der Waals surface area (Å²) >= 11 is 0. The maximum atomic E-state index is 13.5. The number of aliphatic hydroxyl groups excluding tert-OH is 1. The minimum absolute atomic E-state index is 0.00879. The number of β-amino-alcohol motifs (C(OH)–C–C–N with tert-alkyl or cyclic N) is 1. The molecule has 0 saturated carbocycles. The molecule has 1 aliphatic heterocycles. The van der Waals surface area contributed by atoms with Gasteiger partial charge in [0.2, 0.25) is 0 Å². The summed E-state index contributed by atoms with van der Waals surface area (Å²) in [7, 11) is 4.75. The number of fused-ring (bicyclic) bond motifs is 2. The fraction of sp³-hybridized carbons (Fsp3) is 0.435. The van der Waals surface area contributed by atoms with E-state index in [1.54, 1.807) is 25.4 Å². The van der Waals surface area contributed by atoms with Crippen molar-refractivity contribution < 1.29 is 15.0 Å². The van der Waals surface area contributed by atoms with Crippen molar-refractivity contribution in [2.75, 3.05) is 13.1 Å². The fourth-order valence-electron chi connectivity index (χ4n) is 5.02. The standard InChI is InChI=1S/C23H27N7O5/c1-23(35)8-14(31)9-29(20(32)13-5-6-16-15(7-13)24-11-26(16)2)10-17(23)30-12-25-19-18(30)21(33)28(4)22(34)27(19)3/h5-7,11-12,14,17,31,35H,8-10H2,1-4H3/t14-,17+,23+/m0/s1. The number of aromatic nitrogens is 6. The topological polar surface area (TPSA) is 140 Å². The van der Waals surface area contributed by atoms with Gasteiger partial charge in [-0.15, -0.1) is 0 Å². The van der Waals surface area contributed by atoms with Gasteiger partial charge in [-0.1, -0.05) is 0 Å². The van der Waals surface area contributed by atoms with Crippen LogP contribution in [0.4, 0.5) is 0 Å². The predicted octanol–water partition coefficient (Wildman–Crippen LogP) is -0.480. The molecule has 0 aliphatic carbocycles. The average Bonchev–Trinajstić information content (AvgIpc) is 3.38. The molecule has 3 atom stereocenters. The number of hydrogen-bond acceptors (Lipinski definition) is 7. The number of rotatable bonds is 2. The second-order valence-electron chi connectivity index (χ2n) is 9.53. The van der Waals surface area contributed by atoms with Crippen LogP contribution < -0.4 is 11.2 Å². The van der Waals surface area contributed by atoms with Gasteiger partial charge in [0.25, 0.3) is 11.5 Å². The molecule has 5 rings (SSSR count). The lowest BCUT2D eigenvalue weighted by Gasteiger charge is -2.34. The van der Waals surface area contributed by atoms with Crippen LogP contribution in [-0.2, 0) is 21.1 Å². The van der Waals surface area contributed by atoms with Crippen LogP contribution in [0.3, 0.4) is 0 Å². The average molecular weight is 482 g/mol. The summed E-state index contributed by atoms with van der Waals surface area (Å²) in [6, 6.07) is 4.40. The van der Waals surface area contributed by atoms with E-state index < -0.39 is 29.0 Å². The van der Waals surface area contributed by atoms with Gasteiger partial charge < -0.3 is 24.2 Å². The van der Waals surface area contributed by atoms with Crippen molar-refractivity contribution in [3.63, 3.8) is 0 Å². The van der Waals surface area contributed by atoms with Crippen LogP contribution in [-0.4, -0.2) is 74.1 Å². The van der Waals surface area contributed by atoms with Gasteiger partial charge in [-0.2, -0.15) is 0 Å². The van der Waals surface area contributed by atoms with Crippen molar-refractivity contribution in [3.8, 4) is 0 Å². The molecule has 1 saturated heterocycles. The van der Waals surface area contributed by atoms with Gasteiger partial charge in [-0.25, -0.2) is 14.8 Å². The van der Waals surface area contributed by atoms with Crippen LogP contribution in [0, 0.1) is 0 Å². The Morgan fingerprint density at radius 3 is 2.57 bits per heavy atom. The second-order valence-corrected chi connectivity index (χ2v) is 9.53. The Labute approximate surface area is 199 Å². The zero-order valence-corrected chi connectivity index (χ0v) is 19.9. The Balaban J connectivity index is 1.60. The van der Waals surface area contributed by atoms with Crippen molar-refractivity contribution in [2.45, 2.75) is 31.1 Å². The number of carbonyl (C=O) groups is 1. The van der Waals surface area contributed by atoms with Gasteiger partial charge >= 0.3 is 5.69 Å². The lowest BCUT2D eigenvalue weighted by atomic mass is 9.91. The first kappa shape index (κ1) is 23.0. The first-order valence-electron chi connectivity index (χ1n) is 11.2. The molecule has 12 heteroatoms. The summed E-state index contributed by atoms with van der Waals surface area (Å²) in [6.07, 6.45) is 2.05. The first-order valence-corrected chi connectivity index (χ1v) is 11.2. The molecule has 0 bridgehead atoms. The molecule has 4 heterocycles. The van der Waals surface area contributed by atoms with Crippen molar-refractivity contribution in [2.24, 2.45) is 21.1 Å². The highest BCUT2D eigenvalue weighted by atomic mass is 16.3. The van der Waals surface area contributed by atoms with Gasteiger partial charge in [-0.3, -0.25) is 18.7 Å². The second kappa shape index (κ2) is 7.89. The third-order valence-corrected chi connectivity index (χ3v) is 6.96. The van der Waals surface area contributed by atoms with E-state index in [0.717, 1.165) is 10.1 Å². The van der Waals surface area contributed by atoms with Crippen LogP contribution in [0.15, 0.2) is 40.4 Å². The number of imidazole rings is 2. The van der Waals surface area contributed by atoms with Crippen LogP contribution >= 0.6 is 0 Å². The minimum Gasteiger partial charge on any atom is -0.391 e. The van der Waals surface area contributed by atoms with E-state index in [4.69, 9.17) is 0 Å². The first-order chi connectivity index (χ1) is 16.5. The molecule has 0 unspecified atom stereocenters. The molecule has 4 aromatic rings. The quantitative estimate of drug-likeness (QED) is 0.394. The van der Waals surface area contributed by atoms with Crippen LogP contribution in [0.5, 0.6) is 0 Å². The Morgan fingerprint density at radius 2 is 1.83 bits per heavy atom.